The molecule has 3 aromatic rings. The van der Waals surface area contributed by atoms with E-state index in [2.05, 4.69) is 9.88 Å². The van der Waals surface area contributed by atoms with E-state index in [1.54, 1.807) is 25.7 Å². The monoisotopic (exact) mass is 539 g/mol. The van der Waals surface area contributed by atoms with Crippen molar-refractivity contribution >= 4 is 40.3 Å². The third-order valence-corrected chi connectivity index (χ3v) is 7.29. The van der Waals surface area contributed by atoms with Crippen molar-refractivity contribution in [3.63, 3.8) is 0 Å². The van der Waals surface area contributed by atoms with E-state index in [4.69, 9.17) is 21.3 Å². The second-order valence-corrected chi connectivity index (χ2v) is 11.4. The number of aromatic nitrogens is 2. The Morgan fingerprint density at radius 3 is 2.66 bits per heavy atom. The van der Waals surface area contributed by atoms with Crippen molar-refractivity contribution in [2.24, 2.45) is 0 Å². The van der Waals surface area contributed by atoms with Gasteiger partial charge in [-0.15, -0.1) is 0 Å². The molecule has 10 heteroatoms. The number of carbonyl (C=O) groups excluding carboxylic acids is 2. The quantitative estimate of drug-likeness (QED) is 0.515. The lowest BCUT2D eigenvalue weighted by atomic mass is 10.1. The van der Waals surface area contributed by atoms with Gasteiger partial charge in [0.05, 0.1) is 28.7 Å². The number of ether oxygens (including phenoxy) is 1. The molecule has 2 N–H and O–H groups in total. The minimum absolute atomic E-state index is 0.0978. The van der Waals surface area contributed by atoms with Crippen molar-refractivity contribution in [2.45, 2.75) is 51.4 Å². The van der Waals surface area contributed by atoms with Crippen LogP contribution in [0, 0.1) is 0 Å². The number of imidazole rings is 1. The van der Waals surface area contributed by atoms with Crippen molar-refractivity contribution in [3.8, 4) is 11.4 Å². The first kappa shape index (κ1) is 26.3. The predicted octanol–water partition coefficient (Wildman–Crippen LogP) is 4.29. The number of likely N-dealkylation sites (tertiary alicyclic amines) is 1. The van der Waals surface area contributed by atoms with Crippen LogP contribution in [0.15, 0.2) is 42.5 Å². The first-order chi connectivity index (χ1) is 18.1. The van der Waals surface area contributed by atoms with Crippen molar-refractivity contribution in [1.82, 2.24) is 19.8 Å². The molecule has 0 bridgehead atoms. The van der Waals surface area contributed by atoms with Gasteiger partial charge in [0.2, 0.25) is 5.91 Å². The van der Waals surface area contributed by atoms with E-state index in [0.29, 0.717) is 30.5 Å². The number of hydrogen-bond donors (Lipinski definition) is 2. The number of halogens is 1. The Labute approximate surface area is 227 Å². The molecule has 3 heterocycles. The standard InChI is InChI=1S/C28H34ClN5O4/c1-28(2,3)38-27(37)34-17-19(35)16-24(34)26(36)33-12-6-11-32(13-14-33)18-9-10-21(29)20(15-18)25-30-22-7-4-5-8-23(22)31-25/h4-5,7-10,15,19,24,35H,6,11-14,16-17H2,1-3H3,(H,30,31)/t19-,24+/m1/s1. The summed E-state index contributed by atoms with van der Waals surface area (Å²) >= 11 is 6.56. The Bertz CT molecular complexity index is 1300. The fourth-order valence-corrected chi connectivity index (χ4v) is 5.36. The number of nitrogens with zero attached hydrogens (tertiary/aromatic N) is 4. The van der Waals surface area contributed by atoms with Gasteiger partial charge in [0.15, 0.2) is 0 Å². The predicted molar refractivity (Wildman–Crippen MR) is 147 cm³/mol. The van der Waals surface area contributed by atoms with Crippen LogP contribution >= 0.6 is 11.6 Å². The lowest BCUT2D eigenvalue weighted by Gasteiger charge is -2.31. The number of aromatic amines is 1. The Morgan fingerprint density at radius 1 is 1.11 bits per heavy atom. The number of fused-ring (bicyclic) bond motifs is 1. The largest absolute Gasteiger partial charge is 0.444 e. The van der Waals surface area contributed by atoms with Crippen LogP contribution in [0.4, 0.5) is 10.5 Å². The van der Waals surface area contributed by atoms with E-state index in [1.165, 1.54) is 4.90 Å². The molecule has 2 aliphatic heterocycles. The summed E-state index contributed by atoms with van der Waals surface area (Å²) in [5.41, 5.74) is 2.98. The zero-order valence-electron chi connectivity index (χ0n) is 22.0. The maximum absolute atomic E-state index is 13.5. The maximum Gasteiger partial charge on any atom is 0.411 e. The number of H-pyrrole nitrogens is 1. The topological polar surface area (TPSA) is 102 Å². The summed E-state index contributed by atoms with van der Waals surface area (Å²) in [6.07, 6.45) is -0.319. The van der Waals surface area contributed by atoms with E-state index in [0.717, 1.165) is 35.2 Å². The van der Waals surface area contributed by atoms with Crippen molar-refractivity contribution in [3.05, 3.63) is 47.5 Å². The molecule has 0 radical (unpaired) electrons. The number of hydrogen-bond acceptors (Lipinski definition) is 6. The Kier molecular flexibility index (Phi) is 7.24. The SMILES string of the molecule is CC(C)(C)OC(=O)N1C[C@H](O)C[C@H]1C(=O)N1CCCN(c2ccc(Cl)c(-c3nc4ccccc4[nH]3)c2)CC1. The molecule has 2 aromatic carbocycles. The van der Waals surface area contributed by atoms with Gasteiger partial charge in [-0.25, -0.2) is 9.78 Å². The number of nitrogens with one attached hydrogen (secondary N) is 1. The van der Waals surface area contributed by atoms with E-state index in [1.807, 2.05) is 42.5 Å². The van der Waals surface area contributed by atoms with Crippen molar-refractivity contribution < 1.29 is 19.4 Å². The lowest BCUT2D eigenvalue weighted by Crippen LogP contribution is -2.49. The van der Waals surface area contributed by atoms with Gasteiger partial charge < -0.3 is 24.6 Å². The number of rotatable bonds is 3. The molecule has 5 rings (SSSR count). The number of β-amino-alcohol motifs (C(OH)–C–C–N with tert-alkyl or cyclic N) is 1. The summed E-state index contributed by atoms with van der Waals surface area (Å²) in [5.74, 6) is 0.569. The fraction of sp³-hybridized carbons (Fsp3) is 0.464. The zero-order chi connectivity index (χ0) is 27.0. The molecule has 0 spiro atoms. The highest BCUT2D eigenvalue weighted by molar-refractivity contribution is 6.33. The van der Waals surface area contributed by atoms with E-state index in [9.17, 15) is 14.7 Å². The summed E-state index contributed by atoms with van der Waals surface area (Å²) in [5, 5.41) is 10.9. The van der Waals surface area contributed by atoms with Crippen LogP contribution in [0.5, 0.6) is 0 Å². The summed E-state index contributed by atoms with van der Waals surface area (Å²) in [6, 6.07) is 13.0. The first-order valence-electron chi connectivity index (χ1n) is 13.0. The fourth-order valence-electron chi connectivity index (χ4n) is 5.15. The number of aliphatic hydroxyl groups is 1. The van der Waals surface area contributed by atoms with Gasteiger partial charge in [-0.1, -0.05) is 23.7 Å². The highest BCUT2D eigenvalue weighted by Crippen LogP contribution is 2.32. The van der Waals surface area contributed by atoms with Crippen LogP contribution < -0.4 is 4.90 Å². The van der Waals surface area contributed by atoms with Crippen molar-refractivity contribution in [1.29, 1.82) is 0 Å². The Balaban J connectivity index is 1.29. The molecule has 0 unspecified atom stereocenters. The van der Waals surface area contributed by atoms with Crippen LogP contribution in [0.25, 0.3) is 22.4 Å². The molecular weight excluding hydrogens is 506 g/mol. The van der Waals surface area contributed by atoms with Crippen LogP contribution in [0.2, 0.25) is 5.02 Å². The first-order valence-corrected chi connectivity index (χ1v) is 13.4. The molecular formula is C28H34ClN5O4. The Morgan fingerprint density at radius 2 is 1.89 bits per heavy atom. The second kappa shape index (κ2) is 10.5. The van der Waals surface area contributed by atoms with Gasteiger partial charge >= 0.3 is 6.09 Å². The van der Waals surface area contributed by atoms with Gasteiger partial charge in [0, 0.05) is 43.9 Å². The highest BCUT2D eigenvalue weighted by Gasteiger charge is 2.42. The van der Waals surface area contributed by atoms with E-state index < -0.39 is 23.8 Å². The van der Waals surface area contributed by atoms with Crippen LogP contribution in [0.1, 0.15) is 33.6 Å². The molecule has 2 amide bonds. The third kappa shape index (κ3) is 5.59. The summed E-state index contributed by atoms with van der Waals surface area (Å²) in [6.45, 7) is 7.95. The van der Waals surface area contributed by atoms with Gasteiger partial charge in [-0.2, -0.15) is 0 Å². The smallest absolute Gasteiger partial charge is 0.411 e. The highest BCUT2D eigenvalue weighted by atomic mass is 35.5. The molecule has 2 aliphatic rings. The molecule has 2 saturated heterocycles. The normalized spacial score (nSPS) is 20.6. The maximum atomic E-state index is 13.5. The minimum Gasteiger partial charge on any atom is -0.444 e. The molecule has 2 atom stereocenters. The number of anilines is 1. The zero-order valence-corrected chi connectivity index (χ0v) is 22.7. The van der Waals surface area contributed by atoms with Gasteiger partial charge in [0.25, 0.3) is 0 Å². The molecule has 0 aliphatic carbocycles. The second-order valence-electron chi connectivity index (χ2n) is 11.0. The summed E-state index contributed by atoms with van der Waals surface area (Å²) in [7, 11) is 0. The summed E-state index contributed by atoms with van der Waals surface area (Å²) < 4.78 is 5.49. The Hall–Kier alpha value is -3.30. The third-order valence-electron chi connectivity index (χ3n) is 6.96. The average molecular weight is 540 g/mol. The van der Waals surface area contributed by atoms with Gasteiger partial charge in [-0.05, 0) is 57.5 Å². The molecule has 2 fully saturated rings. The average Bonchev–Trinajstić information content (AvgIpc) is 3.38. The number of benzene rings is 2. The minimum atomic E-state index is -0.745. The van der Waals surface area contributed by atoms with Crippen LogP contribution in [0.3, 0.4) is 0 Å². The molecule has 0 saturated carbocycles. The van der Waals surface area contributed by atoms with Crippen molar-refractivity contribution in [2.75, 3.05) is 37.6 Å². The van der Waals surface area contributed by atoms with Gasteiger partial charge in [0.1, 0.15) is 17.5 Å². The molecule has 202 valence electrons. The summed E-state index contributed by atoms with van der Waals surface area (Å²) in [4.78, 5) is 39.7. The van der Waals surface area contributed by atoms with E-state index >= 15 is 0 Å². The van der Waals surface area contributed by atoms with Crippen LogP contribution in [-0.4, -0.2) is 87.3 Å². The van der Waals surface area contributed by atoms with Gasteiger partial charge in [-0.3, -0.25) is 9.69 Å². The molecule has 38 heavy (non-hydrogen) atoms. The lowest BCUT2D eigenvalue weighted by molar-refractivity contribution is -0.135. The van der Waals surface area contributed by atoms with E-state index in [-0.39, 0.29) is 18.9 Å². The molecule has 9 nitrogen and oxygen atoms in total. The number of amides is 2. The number of aliphatic hydroxyl groups excluding tert-OH is 1. The number of para-hydroxylation sites is 2. The van der Waals surface area contributed by atoms with Crippen LogP contribution in [-0.2, 0) is 9.53 Å². The number of carbonyl (C=O) groups is 2. The molecule has 1 aromatic heterocycles.